The van der Waals surface area contributed by atoms with Crippen molar-refractivity contribution < 1.29 is 23.8 Å². The number of carbonyl (C=O) groups is 2. The number of esters is 2. The maximum Gasteiger partial charge on any atom is 0.335 e. The molecule has 0 atom stereocenters. The molecule has 35 heavy (non-hydrogen) atoms. The molecule has 3 rings (SSSR count). The monoisotopic (exact) mass is 466 g/mol. The molecular weight excluding hydrogens is 440 g/mol. The minimum absolute atomic E-state index is 0.416. The van der Waals surface area contributed by atoms with Gasteiger partial charge in [0.15, 0.2) is 0 Å². The van der Waals surface area contributed by atoms with Crippen molar-refractivity contribution >= 4 is 11.9 Å². The van der Waals surface area contributed by atoms with Crippen molar-refractivity contribution in [3.05, 3.63) is 140 Å². The Labute approximate surface area is 205 Å². The zero-order valence-corrected chi connectivity index (χ0v) is 19.5. The van der Waals surface area contributed by atoms with Crippen LogP contribution in [0.1, 0.15) is 23.6 Å². The van der Waals surface area contributed by atoms with Crippen LogP contribution in [0, 0.1) is 0 Å². The van der Waals surface area contributed by atoms with Crippen LogP contribution in [0.2, 0.25) is 0 Å². The Hall–Kier alpha value is -4.64. The van der Waals surface area contributed by atoms with Gasteiger partial charge in [0.05, 0.1) is 0 Å². The van der Waals surface area contributed by atoms with E-state index in [9.17, 15) is 9.59 Å². The van der Waals surface area contributed by atoms with E-state index in [1.54, 1.807) is 30.3 Å². The highest BCUT2D eigenvalue weighted by Crippen LogP contribution is 2.40. The summed E-state index contributed by atoms with van der Waals surface area (Å²) in [6.45, 7) is 16.4. The summed E-state index contributed by atoms with van der Waals surface area (Å²) >= 11 is 0. The second-order valence-electron chi connectivity index (χ2n) is 7.72. The van der Waals surface area contributed by atoms with Crippen molar-refractivity contribution in [2.75, 3.05) is 0 Å². The van der Waals surface area contributed by atoms with Gasteiger partial charge in [0.1, 0.15) is 23.0 Å². The van der Waals surface area contributed by atoms with Gasteiger partial charge < -0.3 is 14.2 Å². The number of carbonyl (C=O) groups excluding carboxylic acids is 2. The highest BCUT2D eigenvalue weighted by atomic mass is 16.5. The third-order valence-corrected chi connectivity index (χ3v) is 5.54. The van der Waals surface area contributed by atoms with Gasteiger partial charge in [-0.1, -0.05) is 62.7 Å². The van der Waals surface area contributed by atoms with Crippen LogP contribution in [0.3, 0.4) is 0 Å². The fourth-order valence-corrected chi connectivity index (χ4v) is 3.58. The van der Waals surface area contributed by atoms with E-state index in [2.05, 4.69) is 33.2 Å². The quantitative estimate of drug-likeness (QED) is 0.0876. The molecule has 0 spiro atoms. The molecule has 0 bridgehead atoms. The summed E-state index contributed by atoms with van der Waals surface area (Å²) in [5.74, 6) is 0.872. The lowest BCUT2D eigenvalue weighted by Crippen LogP contribution is -2.25. The fraction of sp³-hybridized carbons (Fsp3) is 0.0667. The Balaban J connectivity index is 2.04. The normalized spacial score (nSPS) is 10.5. The molecule has 3 aromatic rings. The molecule has 0 saturated heterocycles. The Morgan fingerprint density at radius 1 is 0.600 bits per heavy atom. The predicted octanol–water partition coefficient (Wildman–Crippen LogP) is 6.30. The molecule has 0 N–H and O–H groups in total. The molecule has 0 saturated carbocycles. The van der Waals surface area contributed by atoms with Crippen LogP contribution in [0.5, 0.6) is 17.2 Å². The average Bonchev–Trinajstić information content (AvgIpc) is 2.89. The molecule has 5 nitrogen and oxygen atoms in total. The van der Waals surface area contributed by atoms with Gasteiger partial charge >= 0.3 is 11.9 Å². The number of rotatable bonds is 10. The van der Waals surface area contributed by atoms with Gasteiger partial charge in [0, 0.05) is 17.6 Å². The molecule has 0 unspecified atom stereocenters. The largest absolute Gasteiger partial charge is 0.458 e. The molecule has 0 aliphatic carbocycles. The minimum atomic E-state index is -0.601. The van der Waals surface area contributed by atoms with E-state index in [0.717, 1.165) is 28.8 Å². The Morgan fingerprint density at radius 2 is 0.914 bits per heavy atom. The summed E-state index contributed by atoms with van der Waals surface area (Å²) in [6.07, 6.45) is 3.77. The Morgan fingerprint density at radius 3 is 1.20 bits per heavy atom. The van der Waals surface area contributed by atoms with Crippen LogP contribution in [-0.2, 0) is 15.0 Å². The second-order valence-corrected chi connectivity index (χ2v) is 7.72. The lowest BCUT2D eigenvalue weighted by molar-refractivity contribution is -0.129. The summed E-state index contributed by atoms with van der Waals surface area (Å²) < 4.78 is 16.1. The number of allylic oxidation sites excluding steroid dienone is 1. The zero-order chi connectivity index (χ0) is 25.4. The highest BCUT2D eigenvalue weighted by Gasteiger charge is 2.31. The number of hydrogen-bond donors (Lipinski definition) is 0. The Bertz CT molecular complexity index is 1090. The second kappa shape index (κ2) is 11.0. The summed E-state index contributed by atoms with van der Waals surface area (Å²) in [5, 5.41) is 0. The molecular formula is C30H26O5. The van der Waals surface area contributed by atoms with Gasteiger partial charge in [-0.05, 0) is 66.1 Å². The van der Waals surface area contributed by atoms with Gasteiger partial charge in [0.25, 0.3) is 0 Å². The molecule has 0 aromatic heterocycles. The SMILES string of the molecule is C=CC(=C)Oc1ccc(C(C)(c2ccc(OC(=O)C=C)cc2)c2ccc(OC(=O)C=C)cc2)cc1. The molecule has 176 valence electrons. The summed E-state index contributed by atoms with van der Waals surface area (Å²) in [4.78, 5) is 23.1. The van der Waals surface area contributed by atoms with Crippen molar-refractivity contribution in [1.82, 2.24) is 0 Å². The summed E-state index contributed by atoms with van der Waals surface area (Å²) in [6, 6.07) is 22.2. The van der Waals surface area contributed by atoms with Gasteiger partial charge in [-0.25, -0.2) is 9.59 Å². The van der Waals surface area contributed by atoms with Gasteiger partial charge in [-0.15, -0.1) is 0 Å². The first-order chi connectivity index (χ1) is 16.8. The minimum Gasteiger partial charge on any atom is -0.458 e. The van der Waals surface area contributed by atoms with Gasteiger partial charge in [0.2, 0.25) is 0 Å². The number of ether oxygens (including phenoxy) is 3. The lowest BCUT2D eigenvalue weighted by atomic mass is 9.71. The van der Waals surface area contributed by atoms with Crippen molar-refractivity contribution in [2.24, 2.45) is 0 Å². The van der Waals surface area contributed by atoms with Crippen molar-refractivity contribution in [1.29, 1.82) is 0 Å². The van der Waals surface area contributed by atoms with E-state index in [1.807, 2.05) is 48.5 Å². The van der Waals surface area contributed by atoms with E-state index in [1.165, 1.54) is 0 Å². The standard InChI is InChI=1S/C30H26O5/c1-6-21(4)33-25-15-9-22(10-16-25)30(5,23-11-17-26(18-12-23)34-28(31)7-2)24-13-19-27(20-14-24)35-29(32)8-3/h6-20H,1-4H2,5H3. The topological polar surface area (TPSA) is 61.8 Å². The van der Waals surface area contributed by atoms with E-state index < -0.39 is 17.4 Å². The van der Waals surface area contributed by atoms with Gasteiger partial charge in [-0.2, -0.15) is 0 Å². The van der Waals surface area contributed by atoms with Crippen LogP contribution in [-0.4, -0.2) is 11.9 Å². The predicted molar refractivity (Wildman–Crippen MR) is 137 cm³/mol. The van der Waals surface area contributed by atoms with Crippen molar-refractivity contribution in [3.8, 4) is 17.2 Å². The van der Waals surface area contributed by atoms with Gasteiger partial charge in [-0.3, -0.25) is 0 Å². The van der Waals surface area contributed by atoms with Crippen LogP contribution >= 0.6 is 0 Å². The number of benzene rings is 3. The van der Waals surface area contributed by atoms with Crippen LogP contribution in [0.15, 0.2) is 123 Å². The molecule has 0 aliphatic heterocycles. The summed E-state index contributed by atoms with van der Waals surface area (Å²) in [7, 11) is 0. The molecule has 0 radical (unpaired) electrons. The van der Waals surface area contributed by atoms with Crippen LogP contribution in [0.4, 0.5) is 0 Å². The smallest absolute Gasteiger partial charge is 0.335 e. The molecule has 3 aromatic carbocycles. The first-order valence-corrected chi connectivity index (χ1v) is 10.8. The Kier molecular flexibility index (Phi) is 7.85. The fourth-order valence-electron chi connectivity index (χ4n) is 3.58. The molecule has 0 aliphatic rings. The number of hydrogen-bond acceptors (Lipinski definition) is 5. The first-order valence-electron chi connectivity index (χ1n) is 10.8. The van der Waals surface area contributed by atoms with E-state index in [0.29, 0.717) is 23.0 Å². The van der Waals surface area contributed by atoms with E-state index in [4.69, 9.17) is 14.2 Å². The molecule has 0 amide bonds. The van der Waals surface area contributed by atoms with E-state index in [-0.39, 0.29) is 0 Å². The van der Waals surface area contributed by atoms with Crippen molar-refractivity contribution in [2.45, 2.75) is 12.3 Å². The third-order valence-electron chi connectivity index (χ3n) is 5.54. The molecule has 0 heterocycles. The maximum atomic E-state index is 11.6. The molecule has 0 fully saturated rings. The average molecular weight is 467 g/mol. The summed E-state index contributed by atoms with van der Waals surface area (Å²) in [5.41, 5.74) is 2.29. The maximum absolute atomic E-state index is 11.6. The zero-order valence-electron chi connectivity index (χ0n) is 19.5. The van der Waals surface area contributed by atoms with E-state index >= 15 is 0 Å². The first kappa shape index (κ1) is 25.0. The van der Waals surface area contributed by atoms with Crippen LogP contribution in [0.25, 0.3) is 0 Å². The molecule has 5 heteroatoms. The van der Waals surface area contributed by atoms with Crippen LogP contribution < -0.4 is 14.2 Å². The van der Waals surface area contributed by atoms with Crippen molar-refractivity contribution in [3.63, 3.8) is 0 Å². The lowest BCUT2D eigenvalue weighted by Gasteiger charge is -2.32. The highest BCUT2D eigenvalue weighted by molar-refractivity contribution is 5.83. The third kappa shape index (κ3) is 5.84.